The first kappa shape index (κ1) is 19.5. The Morgan fingerprint density at radius 2 is 2.07 bits per heavy atom. The van der Waals surface area contributed by atoms with E-state index in [2.05, 4.69) is 11.9 Å². The third-order valence-corrected chi connectivity index (χ3v) is 5.74. The van der Waals surface area contributed by atoms with Gasteiger partial charge in [0.1, 0.15) is 0 Å². The summed E-state index contributed by atoms with van der Waals surface area (Å²) < 4.78 is 5.82. The smallest absolute Gasteiger partial charge is 0.229 e. The number of aromatic nitrogens is 1. The van der Waals surface area contributed by atoms with Crippen LogP contribution in [0.2, 0.25) is 0 Å². The first-order valence-electron chi connectivity index (χ1n) is 9.71. The molecule has 1 aliphatic heterocycles. The van der Waals surface area contributed by atoms with Gasteiger partial charge in [-0.25, -0.2) is 9.98 Å². The summed E-state index contributed by atoms with van der Waals surface area (Å²) in [5.74, 6) is 1.35. The van der Waals surface area contributed by atoms with Gasteiger partial charge in [-0.05, 0) is 24.6 Å². The summed E-state index contributed by atoms with van der Waals surface area (Å²) in [7, 11) is 0. The van der Waals surface area contributed by atoms with Crippen molar-refractivity contribution in [3.8, 4) is 11.3 Å². The zero-order valence-corrected chi connectivity index (χ0v) is 17.4. The summed E-state index contributed by atoms with van der Waals surface area (Å²) in [6.07, 6.45) is 2.53. The van der Waals surface area contributed by atoms with Crippen molar-refractivity contribution in [1.29, 1.82) is 0 Å². The first-order chi connectivity index (χ1) is 14.1. The Bertz CT molecular complexity index is 1030. The van der Waals surface area contributed by atoms with Crippen molar-refractivity contribution in [1.82, 2.24) is 9.88 Å². The lowest BCUT2D eigenvalue weighted by molar-refractivity contribution is -0.127. The SMILES string of the molecule is Cc1cccc(N=C2SC(C)CN2C(=O)CCc2ncc(-c3ccccc3)o2)c1. The van der Waals surface area contributed by atoms with Crippen molar-refractivity contribution in [3.05, 3.63) is 72.2 Å². The van der Waals surface area contributed by atoms with Gasteiger partial charge in [0.25, 0.3) is 0 Å². The number of amides is 1. The predicted octanol–water partition coefficient (Wildman–Crippen LogP) is 5.23. The van der Waals surface area contributed by atoms with E-state index in [0.717, 1.165) is 27.7 Å². The molecular weight excluding hydrogens is 382 g/mol. The molecule has 1 unspecified atom stereocenters. The molecule has 1 amide bonds. The average molecular weight is 406 g/mol. The zero-order chi connectivity index (χ0) is 20.2. The number of thioether (sulfide) groups is 1. The third kappa shape index (κ3) is 4.77. The first-order valence-corrected chi connectivity index (χ1v) is 10.6. The summed E-state index contributed by atoms with van der Waals surface area (Å²) in [5, 5.41) is 1.10. The van der Waals surface area contributed by atoms with Gasteiger partial charge in [-0.15, -0.1) is 0 Å². The summed E-state index contributed by atoms with van der Waals surface area (Å²) in [6.45, 7) is 4.83. The molecule has 0 bridgehead atoms. The van der Waals surface area contributed by atoms with E-state index in [4.69, 9.17) is 9.41 Å². The summed E-state index contributed by atoms with van der Waals surface area (Å²) in [6, 6.07) is 17.9. The lowest BCUT2D eigenvalue weighted by atomic mass is 10.2. The monoisotopic (exact) mass is 405 g/mol. The topological polar surface area (TPSA) is 58.7 Å². The number of rotatable bonds is 5. The Hall–Kier alpha value is -2.86. The van der Waals surface area contributed by atoms with Gasteiger partial charge in [0.15, 0.2) is 16.8 Å². The van der Waals surface area contributed by atoms with Crippen LogP contribution in [0.5, 0.6) is 0 Å². The maximum atomic E-state index is 12.9. The van der Waals surface area contributed by atoms with Gasteiger partial charge < -0.3 is 4.42 Å². The largest absolute Gasteiger partial charge is 0.441 e. The summed E-state index contributed by atoms with van der Waals surface area (Å²) in [5.41, 5.74) is 3.01. The normalized spacial score (nSPS) is 17.8. The van der Waals surface area contributed by atoms with Crippen LogP contribution in [0, 0.1) is 6.92 Å². The molecular formula is C23H23N3O2S. The number of amidine groups is 1. The van der Waals surface area contributed by atoms with Gasteiger partial charge in [-0.2, -0.15) is 0 Å². The molecule has 1 atom stereocenters. The molecule has 4 rings (SSSR count). The number of oxazole rings is 1. The quantitative estimate of drug-likeness (QED) is 0.583. The highest BCUT2D eigenvalue weighted by molar-refractivity contribution is 8.14. The highest BCUT2D eigenvalue weighted by atomic mass is 32.2. The minimum Gasteiger partial charge on any atom is -0.441 e. The molecule has 3 aromatic rings. The van der Waals surface area contributed by atoms with E-state index in [0.29, 0.717) is 30.5 Å². The molecule has 1 saturated heterocycles. The number of aryl methyl sites for hydroxylation is 2. The second kappa shape index (κ2) is 8.66. The van der Waals surface area contributed by atoms with E-state index >= 15 is 0 Å². The molecule has 1 aromatic heterocycles. The van der Waals surface area contributed by atoms with Crippen LogP contribution in [0.15, 0.2) is 70.2 Å². The van der Waals surface area contributed by atoms with Crippen LogP contribution in [0.4, 0.5) is 5.69 Å². The Balaban J connectivity index is 1.43. The molecule has 2 heterocycles. The standard InChI is InChI=1S/C23H23N3O2S/c1-16-7-6-10-19(13-16)25-23-26(15-17(2)29-23)22(27)12-11-21-24-14-20(28-21)18-8-4-3-5-9-18/h3-10,13-14,17H,11-12,15H2,1-2H3. The Morgan fingerprint density at radius 1 is 1.24 bits per heavy atom. The predicted molar refractivity (Wildman–Crippen MR) is 117 cm³/mol. The number of benzene rings is 2. The van der Waals surface area contributed by atoms with Crippen molar-refractivity contribution >= 4 is 28.5 Å². The van der Waals surface area contributed by atoms with Crippen LogP contribution >= 0.6 is 11.8 Å². The van der Waals surface area contributed by atoms with Gasteiger partial charge in [-0.1, -0.05) is 61.2 Å². The highest BCUT2D eigenvalue weighted by Gasteiger charge is 2.30. The molecule has 148 valence electrons. The molecule has 2 aromatic carbocycles. The van der Waals surface area contributed by atoms with E-state index in [9.17, 15) is 4.79 Å². The Morgan fingerprint density at radius 3 is 2.86 bits per heavy atom. The summed E-state index contributed by atoms with van der Waals surface area (Å²) in [4.78, 5) is 23.7. The molecule has 0 N–H and O–H groups in total. The zero-order valence-electron chi connectivity index (χ0n) is 16.5. The van der Waals surface area contributed by atoms with Gasteiger partial charge in [-0.3, -0.25) is 9.69 Å². The number of nitrogens with zero attached hydrogens (tertiary/aromatic N) is 3. The fraction of sp³-hybridized carbons (Fsp3) is 0.261. The van der Waals surface area contributed by atoms with Gasteiger partial charge in [0, 0.05) is 30.2 Å². The molecule has 5 nitrogen and oxygen atoms in total. The van der Waals surface area contributed by atoms with Crippen LogP contribution < -0.4 is 0 Å². The van der Waals surface area contributed by atoms with Crippen molar-refractivity contribution in [2.75, 3.05) is 6.54 Å². The molecule has 6 heteroatoms. The van der Waals surface area contributed by atoms with E-state index < -0.39 is 0 Å². The van der Waals surface area contributed by atoms with Crippen LogP contribution in [0.1, 0.15) is 24.8 Å². The van der Waals surface area contributed by atoms with E-state index in [-0.39, 0.29) is 5.91 Å². The number of carbonyl (C=O) groups excluding carboxylic acids is 1. The fourth-order valence-corrected chi connectivity index (χ4v) is 4.27. The molecule has 0 aliphatic carbocycles. The van der Waals surface area contributed by atoms with E-state index in [1.165, 1.54) is 0 Å². The van der Waals surface area contributed by atoms with Crippen LogP contribution in [0.25, 0.3) is 11.3 Å². The van der Waals surface area contributed by atoms with Gasteiger partial charge in [0.2, 0.25) is 5.91 Å². The molecule has 0 spiro atoms. The number of hydrogen-bond acceptors (Lipinski definition) is 5. The van der Waals surface area contributed by atoms with Crippen molar-refractivity contribution in [2.24, 2.45) is 4.99 Å². The molecule has 0 radical (unpaired) electrons. The minimum absolute atomic E-state index is 0.0488. The fourth-order valence-electron chi connectivity index (χ4n) is 3.23. The minimum atomic E-state index is 0.0488. The summed E-state index contributed by atoms with van der Waals surface area (Å²) >= 11 is 1.64. The van der Waals surface area contributed by atoms with Crippen LogP contribution in [-0.2, 0) is 11.2 Å². The van der Waals surface area contributed by atoms with Crippen LogP contribution in [-0.4, -0.2) is 32.8 Å². The van der Waals surface area contributed by atoms with Crippen molar-refractivity contribution in [3.63, 3.8) is 0 Å². The number of carbonyl (C=O) groups is 1. The Kier molecular flexibility index (Phi) is 5.81. The van der Waals surface area contributed by atoms with Gasteiger partial charge >= 0.3 is 0 Å². The van der Waals surface area contributed by atoms with E-state index in [1.54, 1.807) is 22.9 Å². The number of hydrogen-bond donors (Lipinski definition) is 0. The van der Waals surface area contributed by atoms with E-state index in [1.807, 2.05) is 61.5 Å². The molecule has 1 aliphatic rings. The average Bonchev–Trinajstić information content (AvgIpc) is 3.33. The van der Waals surface area contributed by atoms with Crippen LogP contribution in [0.3, 0.4) is 0 Å². The number of aliphatic imine (C=N–C) groups is 1. The lowest BCUT2D eigenvalue weighted by Gasteiger charge is -2.15. The molecule has 29 heavy (non-hydrogen) atoms. The molecule has 0 saturated carbocycles. The molecule has 1 fully saturated rings. The van der Waals surface area contributed by atoms with Crippen molar-refractivity contribution < 1.29 is 9.21 Å². The third-order valence-electron chi connectivity index (χ3n) is 4.67. The maximum absolute atomic E-state index is 12.9. The Labute approximate surface area is 174 Å². The highest BCUT2D eigenvalue weighted by Crippen LogP contribution is 2.29. The maximum Gasteiger partial charge on any atom is 0.229 e. The lowest BCUT2D eigenvalue weighted by Crippen LogP contribution is -2.32. The van der Waals surface area contributed by atoms with Gasteiger partial charge in [0.05, 0.1) is 11.9 Å². The second-order valence-corrected chi connectivity index (χ2v) is 8.56. The van der Waals surface area contributed by atoms with Crippen molar-refractivity contribution in [2.45, 2.75) is 31.9 Å². The second-order valence-electron chi connectivity index (χ2n) is 7.15.